The molecular formula is C22H18FN3O3. The Morgan fingerprint density at radius 2 is 1.59 bits per heavy atom. The molecule has 0 heterocycles. The van der Waals surface area contributed by atoms with E-state index in [1.807, 2.05) is 18.2 Å². The average Bonchev–Trinajstić information content (AvgIpc) is 2.74. The maximum Gasteiger partial charge on any atom is 0.271 e. The van der Waals surface area contributed by atoms with Crippen LogP contribution in [0, 0.1) is 5.82 Å². The topological polar surface area (TPSA) is 79.8 Å². The van der Waals surface area contributed by atoms with Crippen LogP contribution in [0.5, 0.6) is 5.75 Å². The zero-order chi connectivity index (χ0) is 20.6. The number of amides is 2. The van der Waals surface area contributed by atoms with Crippen molar-refractivity contribution < 1.29 is 18.7 Å². The predicted molar refractivity (Wildman–Crippen MR) is 109 cm³/mol. The van der Waals surface area contributed by atoms with E-state index in [9.17, 15) is 14.0 Å². The van der Waals surface area contributed by atoms with Gasteiger partial charge in [-0.25, -0.2) is 9.82 Å². The number of ether oxygens (including phenoxy) is 1. The molecule has 3 aromatic carbocycles. The second-order valence-electron chi connectivity index (χ2n) is 6.01. The third-order valence-electron chi connectivity index (χ3n) is 3.98. The number of halogens is 1. The van der Waals surface area contributed by atoms with E-state index in [0.717, 1.165) is 5.56 Å². The Bertz CT molecular complexity index is 1030. The fraction of sp³-hybridized carbons (Fsp3) is 0.0455. The lowest BCUT2D eigenvalue weighted by molar-refractivity contribution is 0.0954. The number of nitrogens with zero attached hydrogens (tertiary/aromatic N) is 1. The summed E-state index contributed by atoms with van der Waals surface area (Å²) in [6.07, 6.45) is 1.51. The first-order valence-electron chi connectivity index (χ1n) is 8.69. The van der Waals surface area contributed by atoms with Crippen LogP contribution < -0.4 is 15.5 Å². The van der Waals surface area contributed by atoms with Gasteiger partial charge >= 0.3 is 0 Å². The maximum atomic E-state index is 12.9. The summed E-state index contributed by atoms with van der Waals surface area (Å²) in [4.78, 5) is 24.3. The highest BCUT2D eigenvalue weighted by molar-refractivity contribution is 6.04. The number of rotatable bonds is 6. The van der Waals surface area contributed by atoms with E-state index >= 15 is 0 Å². The van der Waals surface area contributed by atoms with Gasteiger partial charge in [-0.2, -0.15) is 5.10 Å². The number of nitrogens with one attached hydrogen (secondary N) is 2. The van der Waals surface area contributed by atoms with Gasteiger partial charge in [0.2, 0.25) is 0 Å². The molecule has 6 nitrogen and oxygen atoms in total. The van der Waals surface area contributed by atoms with Crippen LogP contribution in [0.2, 0.25) is 0 Å². The lowest BCUT2D eigenvalue weighted by Crippen LogP contribution is -2.17. The van der Waals surface area contributed by atoms with E-state index in [4.69, 9.17) is 4.74 Å². The highest BCUT2D eigenvalue weighted by atomic mass is 19.1. The largest absolute Gasteiger partial charge is 0.497 e. The molecule has 0 radical (unpaired) electrons. The van der Waals surface area contributed by atoms with Crippen molar-refractivity contribution in [1.82, 2.24) is 5.43 Å². The Labute approximate surface area is 167 Å². The van der Waals surface area contributed by atoms with E-state index in [1.165, 1.54) is 30.5 Å². The fourth-order valence-corrected chi connectivity index (χ4v) is 2.46. The van der Waals surface area contributed by atoms with Gasteiger partial charge in [-0.05, 0) is 66.2 Å². The van der Waals surface area contributed by atoms with Crippen molar-refractivity contribution >= 4 is 23.7 Å². The third kappa shape index (κ3) is 5.49. The van der Waals surface area contributed by atoms with Crippen molar-refractivity contribution in [2.75, 3.05) is 12.4 Å². The predicted octanol–water partition coefficient (Wildman–Crippen LogP) is 3.85. The third-order valence-corrected chi connectivity index (χ3v) is 3.98. The fourth-order valence-electron chi connectivity index (χ4n) is 2.46. The lowest BCUT2D eigenvalue weighted by Gasteiger charge is -2.06. The van der Waals surface area contributed by atoms with E-state index in [0.29, 0.717) is 22.6 Å². The molecule has 0 saturated carbocycles. The van der Waals surface area contributed by atoms with Gasteiger partial charge in [-0.1, -0.05) is 12.1 Å². The molecule has 0 unspecified atom stereocenters. The molecule has 0 atom stereocenters. The first-order chi connectivity index (χ1) is 14.0. The number of methoxy groups -OCH3 is 1. The Kier molecular flexibility index (Phi) is 6.32. The Balaban J connectivity index is 1.57. The van der Waals surface area contributed by atoms with Crippen LogP contribution in [-0.4, -0.2) is 25.1 Å². The van der Waals surface area contributed by atoms with Gasteiger partial charge in [-0.3, -0.25) is 9.59 Å². The quantitative estimate of drug-likeness (QED) is 0.495. The molecule has 0 spiro atoms. The summed E-state index contributed by atoms with van der Waals surface area (Å²) in [5.41, 5.74) is 4.45. The summed E-state index contributed by atoms with van der Waals surface area (Å²) in [5, 5.41) is 6.62. The zero-order valence-electron chi connectivity index (χ0n) is 15.6. The van der Waals surface area contributed by atoms with Crippen molar-refractivity contribution in [3.8, 4) is 5.75 Å². The minimum atomic E-state index is -0.411. The van der Waals surface area contributed by atoms with Crippen molar-refractivity contribution in [3.05, 3.63) is 95.3 Å². The van der Waals surface area contributed by atoms with Gasteiger partial charge < -0.3 is 10.1 Å². The average molecular weight is 391 g/mol. The Morgan fingerprint density at radius 3 is 2.28 bits per heavy atom. The molecule has 0 aliphatic rings. The van der Waals surface area contributed by atoms with Crippen molar-refractivity contribution in [1.29, 1.82) is 0 Å². The normalized spacial score (nSPS) is 10.6. The number of carbonyl (C=O) groups is 2. The summed E-state index contributed by atoms with van der Waals surface area (Å²) < 4.78 is 18.1. The molecule has 7 heteroatoms. The summed E-state index contributed by atoms with van der Waals surface area (Å²) in [7, 11) is 1.57. The SMILES string of the molecule is COc1cccc(/C=N\NC(=O)c2ccc(NC(=O)c3ccc(F)cc3)cc2)c1. The molecule has 2 N–H and O–H groups in total. The van der Waals surface area contributed by atoms with Gasteiger partial charge in [0, 0.05) is 16.8 Å². The Hall–Kier alpha value is -4.00. The number of hydrazone groups is 1. The number of benzene rings is 3. The lowest BCUT2D eigenvalue weighted by atomic mass is 10.1. The number of hydrogen-bond acceptors (Lipinski definition) is 4. The summed E-state index contributed by atoms with van der Waals surface area (Å²) in [6, 6.07) is 18.8. The highest BCUT2D eigenvalue weighted by Gasteiger charge is 2.08. The molecule has 29 heavy (non-hydrogen) atoms. The van der Waals surface area contributed by atoms with E-state index in [1.54, 1.807) is 37.4 Å². The van der Waals surface area contributed by atoms with Crippen LogP contribution in [0.1, 0.15) is 26.3 Å². The molecule has 0 aromatic heterocycles. The molecule has 0 saturated heterocycles. The van der Waals surface area contributed by atoms with Gasteiger partial charge in [0.1, 0.15) is 11.6 Å². The first kappa shape index (κ1) is 19.8. The van der Waals surface area contributed by atoms with Crippen LogP contribution in [-0.2, 0) is 0 Å². The molecule has 0 aliphatic heterocycles. The van der Waals surface area contributed by atoms with Crippen molar-refractivity contribution in [3.63, 3.8) is 0 Å². The Morgan fingerprint density at radius 1 is 0.931 bits per heavy atom. The first-order valence-corrected chi connectivity index (χ1v) is 8.69. The van der Waals surface area contributed by atoms with Crippen LogP contribution in [0.25, 0.3) is 0 Å². The maximum absolute atomic E-state index is 12.9. The van der Waals surface area contributed by atoms with Crippen LogP contribution in [0.4, 0.5) is 10.1 Å². The number of carbonyl (C=O) groups excluding carboxylic acids is 2. The molecule has 0 fully saturated rings. The minimum absolute atomic E-state index is 0.333. The van der Waals surface area contributed by atoms with Crippen molar-refractivity contribution in [2.24, 2.45) is 5.10 Å². The molecule has 0 aliphatic carbocycles. The van der Waals surface area contributed by atoms with E-state index < -0.39 is 5.82 Å². The molecule has 3 aromatic rings. The van der Waals surface area contributed by atoms with Crippen LogP contribution in [0.3, 0.4) is 0 Å². The molecule has 3 rings (SSSR count). The number of anilines is 1. The van der Waals surface area contributed by atoms with Gasteiger partial charge in [0.25, 0.3) is 11.8 Å². The van der Waals surface area contributed by atoms with E-state index in [2.05, 4.69) is 15.8 Å². The molecular weight excluding hydrogens is 373 g/mol. The second kappa shape index (κ2) is 9.27. The van der Waals surface area contributed by atoms with E-state index in [-0.39, 0.29) is 11.8 Å². The smallest absolute Gasteiger partial charge is 0.271 e. The molecule has 2 amide bonds. The number of hydrogen-bond donors (Lipinski definition) is 2. The van der Waals surface area contributed by atoms with Gasteiger partial charge in [0.05, 0.1) is 13.3 Å². The van der Waals surface area contributed by atoms with Gasteiger partial charge in [-0.15, -0.1) is 0 Å². The minimum Gasteiger partial charge on any atom is -0.497 e. The molecule has 146 valence electrons. The standard InChI is InChI=1S/C22H18FN3O3/c1-29-20-4-2-3-15(13-20)14-24-26-22(28)17-7-11-19(12-8-17)25-21(27)16-5-9-18(23)10-6-16/h2-14H,1H3,(H,25,27)(H,26,28)/b24-14-. The van der Waals surface area contributed by atoms with Crippen LogP contribution in [0.15, 0.2) is 77.9 Å². The summed E-state index contributed by atoms with van der Waals surface area (Å²) >= 11 is 0. The van der Waals surface area contributed by atoms with Crippen LogP contribution >= 0.6 is 0 Å². The summed E-state index contributed by atoms with van der Waals surface area (Å²) in [6.45, 7) is 0. The molecule has 0 bridgehead atoms. The van der Waals surface area contributed by atoms with Crippen molar-refractivity contribution in [2.45, 2.75) is 0 Å². The highest BCUT2D eigenvalue weighted by Crippen LogP contribution is 2.13. The monoisotopic (exact) mass is 391 g/mol. The zero-order valence-corrected chi connectivity index (χ0v) is 15.6. The van der Waals surface area contributed by atoms with Gasteiger partial charge in [0.15, 0.2) is 0 Å². The summed E-state index contributed by atoms with van der Waals surface area (Å²) in [5.74, 6) is -0.477. The second-order valence-corrected chi connectivity index (χ2v) is 6.01.